The van der Waals surface area contributed by atoms with Gasteiger partial charge in [-0.1, -0.05) is 30.3 Å². The van der Waals surface area contributed by atoms with E-state index in [4.69, 9.17) is 14.5 Å². The Balaban J connectivity index is 1.33. The zero-order valence-corrected chi connectivity index (χ0v) is 18.7. The average Bonchev–Trinajstić information content (AvgIpc) is 3.55. The summed E-state index contributed by atoms with van der Waals surface area (Å²) in [7, 11) is 0. The fourth-order valence-electron chi connectivity index (χ4n) is 3.85. The number of nitrogens with zero attached hydrogens (tertiary/aromatic N) is 3. The van der Waals surface area contributed by atoms with Gasteiger partial charge >= 0.3 is 0 Å². The third-order valence-electron chi connectivity index (χ3n) is 5.46. The van der Waals surface area contributed by atoms with E-state index in [0.717, 1.165) is 48.6 Å². The van der Waals surface area contributed by atoms with Crippen LogP contribution in [0.3, 0.4) is 0 Å². The maximum Gasteiger partial charge on any atom is 0.262 e. The first kappa shape index (κ1) is 19.2. The maximum absolute atomic E-state index is 13.3. The molecule has 0 bridgehead atoms. The molecule has 0 N–H and O–H groups in total. The predicted molar refractivity (Wildman–Crippen MR) is 127 cm³/mol. The van der Waals surface area contributed by atoms with Crippen molar-refractivity contribution in [2.24, 2.45) is 0 Å². The van der Waals surface area contributed by atoms with Crippen molar-refractivity contribution in [1.29, 1.82) is 0 Å². The number of fused-ring (bicyclic) bond motifs is 2. The van der Waals surface area contributed by atoms with Crippen molar-refractivity contribution < 1.29 is 9.47 Å². The van der Waals surface area contributed by atoms with Crippen LogP contribution in [0.25, 0.3) is 31.2 Å². The van der Waals surface area contributed by atoms with E-state index < -0.39 is 0 Å². The molecule has 0 amide bonds. The standard InChI is InChI=1S/C24H17N3O3S2/c1-14-20-23(32-21(14)15-5-3-2-4-6-15)25-12-27(24(20)28)10-17-11-31-22(26-17)16-7-8-18-19(9-16)30-13-29-18/h2-9,11-12H,10,13H2,1H3. The van der Waals surface area contributed by atoms with Gasteiger partial charge in [-0.15, -0.1) is 22.7 Å². The van der Waals surface area contributed by atoms with Crippen LogP contribution in [0, 0.1) is 6.92 Å². The Labute approximate surface area is 191 Å². The molecule has 2 aromatic carbocycles. The Hall–Kier alpha value is -3.49. The number of hydrogen-bond acceptors (Lipinski definition) is 7. The Kier molecular flexibility index (Phi) is 4.55. The van der Waals surface area contributed by atoms with Crippen LogP contribution in [0.2, 0.25) is 0 Å². The second-order valence-corrected chi connectivity index (χ2v) is 9.35. The van der Waals surface area contributed by atoms with Crippen LogP contribution in [0.15, 0.2) is 65.0 Å². The lowest BCUT2D eigenvalue weighted by molar-refractivity contribution is 0.174. The highest BCUT2D eigenvalue weighted by molar-refractivity contribution is 7.22. The molecular weight excluding hydrogens is 442 g/mol. The summed E-state index contributed by atoms with van der Waals surface area (Å²) >= 11 is 3.10. The smallest absolute Gasteiger partial charge is 0.262 e. The summed E-state index contributed by atoms with van der Waals surface area (Å²) in [6.07, 6.45) is 1.62. The molecule has 0 saturated heterocycles. The summed E-state index contributed by atoms with van der Waals surface area (Å²) in [4.78, 5) is 24.4. The molecule has 8 heteroatoms. The van der Waals surface area contributed by atoms with Crippen molar-refractivity contribution in [2.75, 3.05) is 6.79 Å². The highest BCUT2D eigenvalue weighted by Gasteiger charge is 2.18. The van der Waals surface area contributed by atoms with E-state index >= 15 is 0 Å². The van der Waals surface area contributed by atoms with Crippen LogP contribution in [-0.4, -0.2) is 21.3 Å². The molecule has 4 heterocycles. The van der Waals surface area contributed by atoms with Crippen LogP contribution in [0.4, 0.5) is 0 Å². The fraction of sp³-hybridized carbons (Fsp3) is 0.125. The van der Waals surface area contributed by atoms with Crippen molar-refractivity contribution >= 4 is 32.9 Å². The van der Waals surface area contributed by atoms with Gasteiger partial charge in [-0.2, -0.15) is 0 Å². The number of ether oxygens (including phenoxy) is 2. The summed E-state index contributed by atoms with van der Waals surface area (Å²) in [5, 5.41) is 3.54. The van der Waals surface area contributed by atoms with Crippen LogP contribution in [-0.2, 0) is 6.54 Å². The molecule has 1 aliphatic heterocycles. The Bertz CT molecular complexity index is 1520. The van der Waals surface area contributed by atoms with E-state index in [-0.39, 0.29) is 12.4 Å². The molecule has 32 heavy (non-hydrogen) atoms. The Morgan fingerprint density at radius 3 is 2.78 bits per heavy atom. The summed E-state index contributed by atoms with van der Waals surface area (Å²) in [6, 6.07) is 15.9. The lowest BCUT2D eigenvalue weighted by Crippen LogP contribution is -2.21. The van der Waals surface area contributed by atoms with Crippen LogP contribution in [0.1, 0.15) is 11.3 Å². The first-order valence-electron chi connectivity index (χ1n) is 10.1. The minimum Gasteiger partial charge on any atom is -0.454 e. The molecule has 5 aromatic rings. The van der Waals surface area contributed by atoms with Gasteiger partial charge < -0.3 is 9.47 Å². The monoisotopic (exact) mass is 459 g/mol. The van der Waals surface area contributed by atoms with Gasteiger partial charge in [-0.05, 0) is 36.2 Å². The maximum atomic E-state index is 13.3. The van der Waals surface area contributed by atoms with E-state index in [0.29, 0.717) is 11.9 Å². The van der Waals surface area contributed by atoms with Gasteiger partial charge in [0.05, 0.1) is 24.0 Å². The molecule has 158 valence electrons. The summed E-state index contributed by atoms with van der Waals surface area (Å²) in [6.45, 7) is 2.61. The molecular formula is C24H17N3O3S2. The summed E-state index contributed by atoms with van der Waals surface area (Å²) < 4.78 is 12.5. The van der Waals surface area contributed by atoms with Gasteiger partial charge in [0, 0.05) is 15.8 Å². The van der Waals surface area contributed by atoms with E-state index in [1.807, 2.05) is 48.7 Å². The van der Waals surface area contributed by atoms with Crippen molar-refractivity contribution in [3.05, 3.63) is 81.8 Å². The first-order valence-corrected chi connectivity index (χ1v) is 11.8. The van der Waals surface area contributed by atoms with Crippen molar-refractivity contribution in [3.8, 4) is 32.5 Å². The number of hydrogen-bond donors (Lipinski definition) is 0. The second-order valence-electron chi connectivity index (χ2n) is 7.49. The number of benzene rings is 2. The summed E-state index contributed by atoms with van der Waals surface area (Å²) in [5.41, 5.74) is 3.83. The molecule has 0 spiro atoms. The normalized spacial score (nSPS) is 12.5. The van der Waals surface area contributed by atoms with Crippen molar-refractivity contribution in [3.63, 3.8) is 0 Å². The predicted octanol–water partition coefficient (Wildman–Crippen LogP) is 5.33. The molecule has 3 aromatic heterocycles. The van der Waals surface area contributed by atoms with Gasteiger partial charge in [-0.3, -0.25) is 9.36 Å². The van der Waals surface area contributed by atoms with E-state index in [1.165, 1.54) is 0 Å². The van der Waals surface area contributed by atoms with Gasteiger partial charge in [0.15, 0.2) is 11.5 Å². The molecule has 0 fully saturated rings. The van der Waals surface area contributed by atoms with Crippen molar-refractivity contribution in [1.82, 2.24) is 14.5 Å². The third kappa shape index (κ3) is 3.19. The fourth-order valence-corrected chi connectivity index (χ4v) is 5.81. The van der Waals surface area contributed by atoms with Gasteiger partial charge in [0.1, 0.15) is 9.84 Å². The second kappa shape index (κ2) is 7.58. The lowest BCUT2D eigenvalue weighted by Gasteiger charge is -2.03. The van der Waals surface area contributed by atoms with Crippen LogP contribution >= 0.6 is 22.7 Å². The van der Waals surface area contributed by atoms with E-state index in [9.17, 15) is 4.79 Å². The highest BCUT2D eigenvalue weighted by atomic mass is 32.1. The molecule has 1 aliphatic rings. The molecule has 0 atom stereocenters. The SMILES string of the molecule is Cc1c(-c2ccccc2)sc2ncn(Cc3csc(-c4ccc5c(c4)OCO5)n3)c(=O)c12. The quantitative estimate of drug-likeness (QED) is 0.363. The number of aryl methyl sites for hydroxylation is 1. The zero-order valence-electron chi connectivity index (χ0n) is 17.1. The minimum atomic E-state index is -0.0384. The van der Waals surface area contributed by atoms with E-state index in [1.54, 1.807) is 33.6 Å². The van der Waals surface area contributed by atoms with Gasteiger partial charge in [0.25, 0.3) is 5.56 Å². The molecule has 6 rings (SSSR count). The number of thiophene rings is 1. The molecule has 0 radical (unpaired) electrons. The van der Waals surface area contributed by atoms with Crippen LogP contribution < -0.4 is 15.0 Å². The molecule has 6 nitrogen and oxygen atoms in total. The molecule has 0 aliphatic carbocycles. The average molecular weight is 460 g/mol. The largest absolute Gasteiger partial charge is 0.454 e. The third-order valence-corrected chi connectivity index (χ3v) is 7.65. The summed E-state index contributed by atoms with van der Waals surface area (Å²) in [5.74, 6) is 1.48. The highest BCUT2D eigenvalue weighted by Crippen LogP contribution is 2.37. The number of thiazole rings is 1. The first-order chi connectivity index (χ1) is 15.7. The minimum absolute atomic E-state index is 0.0384. The Morgan fingerprint density at radius 2 is 1.91 bits per heavy atom. The Morgan fingerprint density at radius 1 is 1.06 bits per heavy atom. The zero-order chi connectivity index (χ0) is 21.7. The lowest BCUT2D eigenvalue weighted by atomic mass is 10.1. The van der Waals surface area contributed by atoms with Gasteiger partial charge in [-0.25, -0.2) is 9.97 Å². The topological polar surface area (TPSA) is 66.2 Å². The van der Waals surface area contributed by atoms with Gasteiger partial charge in [0.2, 0.25) is 6.79 Å². The van der Waals surface area contributed by atoms with Crippen molar-refractivity contribution in [2.45, 2.75) is 13.5 Å². The molecule has 0 unspecified atom stereocenters. The molecule has 0 saturated carbocycles. The van der Waals surface area contributed by atoms with E-state index in [2.05, 4.69) is 17.1 Å². The number of rotatable bonds is 4. The van der Waals surface area contributed by atoms with Crippen LogP contribution in [0.5, 0.6) is 11.5 Å². The number of aromatic nitrogens is 3.